The molecule has 106 valence electrons. The maximum Gasteiger partial charge on any atom is 0.418 e. The SMILES string of the molecule is Cc1cn(-c2cc([N+](=O)[O-])c(N)cc2C(F)(F)F)cn1. The number of imidazole rings is 1. The molecule has 6 nitrogen and oxygen atoms in total. The average Bonchev–Trinajstić information content (AvgIpc) is 2.73. The number of aromatic nitrogens is 2. The molecular weight excluding hydrogens is 277 g/mol. The first-order valence-corrected chi connectivity index (χ1v) is 5.36. The van der Waals surface area contributed by atoms with Crippen LogP contribution in [0.15, 0.2) is 24.7 Å². The first-order valence-electron chi connectivity index (χ1n) is 5.36. The fraction of sp³-hybridized carbons (Fsp3) is 0.182. The second-order valence-electron chi connectivity index (χ2n) is 4.11. The van der Waals surface area contributed by atoms with Gasteiger partial charge in [-0.2, -0.15) is 13.2 Å². The van der Waals surface area contributed by atoms with Crippen LogP contribution in [0.3, 0.4) is 0 Å². The molecule has 1 heterocycles. The van der Waals surface area contributed by atoms with Crippen LogP contribution in [-0.2, 0) is 6.18 Å². The number of nitrogens with two attached hydrogens (primary N) is 1. The van der Waals surface area contributed by atoms with Crippen molar-refractivity contribution in [3.05, 3.63) is 46.0 Å². The Morgan fingerprint density at radius 2 is 2.05 bits per heavy atom. The maximum atomic E-state index is 13.0. The van der Waals surface area contributed by atoms with Crippen molar-refractivity contribution >= 4 is 11.4 Å². The van der Waals surface area contributed by atoms with Crippen LogP contribution in [0.5, 0.6) is 0 Å². The summed E-state index contributed by atoms with van der Waals surface area (Å²) in [6.45, 7) is 1.59. The van der Waals surface area contributed by atoms with Gasteiger partial charge in [0.15, 0.2) is 0 Å². The number of aryl methyl sites for hydroxylation is 1. The molecule has 2 rings (SSSR count). The number of hydrogen-bond acceptors (Lipinski definition) is 4. The number of nitrogen functional groups attached to an aromatic ring is 1. The van der Waals surface area contributed by atoms with E-state index in [4.69, 9.17) is 5.73 Å². The normalized spacial score (nSPS) is 11.6. The van der Waals surface area contributed by atoms with E-state index < -0.39 is 28.0 Å². The smallest absolute Gasteiger partial charge is 0.393 e. The number of alkyl halides is 3. The first-order chi connectivity index (χ1) is 9.20. The average molecular weight is 286 g/mol. The Kier molecular flexibility index (Phi) is 3.12. The summed E-state index contributed by atoms with van der Waals surface area (Å²) in [5, 5.41) is 10.8. The summed E-state index contributed by atoms with van der Waals surface area (Å²) in [6.07, 6.45) is -2.19. The Morgan fingerprint density at radius 3 is 2.50 bits per heavy atom. The molecular formula is C11H9F3N4O2. The molecule has 0 unspecified atom stereocenters. The summed E-state index contributed by atoms with van der Waals surface area (Å²) in [4.78, 5) is 13.8. The molecule has 0 aliphatic heterocycles. The summed E-state index contributed by atoms with van der Waals surface area (Å²) in [5.74, 6) is 0. The molecule has 0 amide bonds. The van der Waals surface area contributed by atoms with Crippen LogP contribution in [0.4, 0.5) is 24.5 Å². The van der Waals surface area contributed by atoms with Crippen molar-refractivity contribution in [2.24, 2.45) is 0 Å². The molecule has 0 aliphatic rings. The highest BCUT2D eigenvalue weighted by molar-refractivity contribution is 5.66. The minimum absolute atomic E-state index is 0.390. The van der Waals surface area contributed by atoms with Crippen molar-refractivity contribution in [3.63, 3.8) is 0 Å². The van der Waals surface area contributed by atoms with Crippen molar-refractivity contribution in [1.82, 2.24) is 9.55 Å². The van der Waals surface area contributed by atoms with Crippen LogP contribution < -0.4 is 5.73 Å². The fourth-order valence-electron chi connectivity index (χ4n) is 1.75. The molecule has 9 heteroatoms. The third-order valence-electron chi connectivity index (χ3n) is 2.64. The summed E-state index contributed by atoms with van der Waals surface area (Å²) >= 11 is 0. The van der Waals surface area contributed by atoms with Gasteiger partial charge in [-0.15, -0.1) is 0 Å². The predicted octanol–water partition coefficient (Wildman–Crippen LogP) is 2.69. The summed E-state index contributed by atoms with van der Waals surface area (Å²) < 4.78 is 40.1. The molecule has 0 fully saturated rings. The van der Waals surface area contributed by atoms with E-state index in [0.717, 1.165) is 17.0 Å². The van der Waals surface area contributed by atoms with Crippen LogP contribution in [0.2, 0.25) is 0 Å². The second-order valence-corrected chi connectivity index (χ2v) is 4.11. The van der Waals surface area contributed by atoms with Crippen LogP contribution in [0, 0.1) is 17.0 Å². The summed E-state index contributed by atoms with van der Waals surface area (Å²) in [6, 6.07) is 1.35. The zero-order chi connectivity index (χ0) is 15.1. The molecule has 0 saturated carbocycles. The lowest BCUT2D eigenvalue weighted by Crippen LogP contribution is -2.12. The first kappa shape index (κ1) is 13.8. The number of hydrogen-bond donors (Lipinski definition) is 1. The zero-order valence-electron chi connectivity index (χ0n) is 10.2. The molecule has 2 aromatic rings. The quantitative estimate of drug-likeness (QED) is 0.522. The van der Waals surface area contributed by atoms with Gasteiger partial charge in [0, 0.05) is 12.3 Å². The van der Waals surface area contributed by atoms with Crippen molar-refractivity contribution in [3.8, 4) is 5.69 Å². The lowest BCUT2D eigenvalue weighted by molar-refractivity contribution is -0.383. The maximum absolute atomic E-state index is 13.0. The number of nitrogens with zero attached hydrogens (tertiary/aromatic N) is 3. The molecule has 0 bridgehead atoms. The van der Waals surface area contributed by atoms with E-state index in [-0.39, 0.29) is 5.69 Å². The van der Waals surface area contributed by atoms with E-state index in [1.54, 1.807) is 6.92 Å². The summed E-state index contributed by atoms with van der Waals surface area (Å²) in [7, 11) is 0. The highest BCUT2D eigenvalue weighted by Crippen LogP contribution is 2.38. The van der Waals surface area contributed by atoms with Gasteiger partial charge in [0.05, 0.1) is 28.2 Å². The van der Waals surface area contributed by atoms with E-state index in [2.05, 4.69) is 4.98 Å². The highest BCUT2D eigenvalue weighted by Gasteiger charge is 2.36. The lowest BCUT2D eigenvalue weighted by Gasteiger charge is -2.14. The number of benzene rings is 1. The number of nitro groups is 1. The van der Waals surface area contributed by atoms with Gasteiger partial charge >= 0.3 is 6.18 Å². The number of anilines is 1. The van der Waals surface area contributed by atoms with Gasteiger partial charge < -0.3 is 10.3 Å². The summed E-state index contributed by atoms with van der Waals surface area (Å²) in [5.41, 5.74) is 3.22. The Morgan fingerprint density at radius 1 is 1.40 bits per heavy atom. The minimum atomic E-state index is -4.68. The third-order valence-corrected chi connectivity index (χ3v) is 2.64. The van der Waals surface area contributed by atoms with Gasteiger partial charge in [-0.1, -0.05) is 0 Å². The molecule has 1 aromatic heterocycles. The Labute approximate surface area is 110 Å². The van der Waals surface area contributed by atoms with E-state index >= 15 is 0 Å². The minimum Gasteiger partial charge on any atom is -0.393 e. The van der Waals surface area contributed by atoms with Crippen LogP contribution >= 0.6 is 0 Å². The molecule has 0 atom stereocenters. The highest BCUT2D eigenvalue weighted by atomic mass is 19.4. The van der Waals surface area contributed by atoms with Gasteiger partial charge in [0.2, 0.25) is 0 Å². The van der Waals surface area contributed by atoms with Gasteiger partial charge in [-0.05, 0) is 13.0 Å². The number of halogens is 3. The van der Waals surface area contributed by atoms with Gasteiger partial charge in [-0.3, -0.25) is 10.1 Å². The Hall–Kier alpha value is -2.58. The molecule has 1 aromatic carbocycles. The van der Waals surface area contributed by atoms with Gasteiger partial charge in [-0.25, -0.2) is 4.98 Å². The second kappa shape index (κ2) is 4.51. The van der Waals surface area contributed by atoms with Crippen LogP contribution in [-0.4, -0.2) is 14.5 Å². The zero-order valence-corrected chi connectivity index (χ0v) is 10.2. The molecule has 0 spiro atoms. The molecule has 0 aliphatic carbocycles. The third kappa shape index (κ3) is 2.42. The molecule has 0 saturated heterocycles. The Balaban J connectivity index is 2.75. The molecule has 2 N–H and O–H groups in total. The molecule has 0 radical (unpaired) electrons. The fourth-order valence-corrected chi connectivity index (χ4v) is 1.75. The van der Waals surface area contributed by atoms with Crippen molar-refractivity contribution in [2.45, 2.75) is 13.1 Å². The van der Waals surface area contributed by atoms with Gasteiger partial charge in [0.25, 0.3) is 5.69 Å². The number of nitro benzene ring substituents is 1. The molecule has 20 heavy (non-hydrogen) atoms. The van der Waals surface area contributed by atoms with Crippen molar-refractivity contribution in [1.29, 1.82) is 0 Å². The Bertz CT molecular complexity index is 679. The topological polar surface area (TPSA) is 87.0 Å². The van der Waals surface area contributed by atoms with E-state index in [9.17, 15) is 23.3 Å². The van der Waals surface area contributed by atoms with Crippen LogP contribution in [0.25, 0.3) is 5.69 Å². The predicted molar refractivity (Wildman–Crippen MR) is 64.4 cm³/mol. The van der Waals surface area contributed by atoms with Crippen molar-refractivity contribution in [2.75, 3.05) is 5.73 Å². The number of rotatable bonds is 2. The van der Waals surface area contributed by atoms with E-state index in [1.807, 2.05) is 0 Å². The largest absolute Gasteiger partial charge is 0.418 e. The standard InChI is InChI=1S/C11H9F3N4O2/c1-6-4-17(5-16-6)9-3-10(18(19)20)8(15)2-7(9)11(12,13)14/h2-5H,15H2,1H3. The van der Waals surface area contributed by atoms with Crippen molar-refractivity contribution < 1.29 is 18.1 Å². The van der Waals surface area contributed by atoms with Gasteiger partial charge in [0.1, 0.15) is 5.69 Å². The van der Waals surface area contributed by atoms with E-state index in [0.29, 0.717) is 11.8 Å². The lowest BCUT2D eigenvalue weighted by atomic mass is 10.1. The van der Waals surface area contributed by atoms with Crippen LogP contribution in [0.1, 0.15) is 11.3 Å². The monoisotopic (exact) mass is 286 g/mol. The van der Waals surface area contributed by atoms with E-state index in [1.165, 1.54) is 6.20 Å².